The Kier molecular flexibility index (Phi) is 5.97. The third kappa shape index (κ3) is 5.49. The van der Waals surface area contributed by atoms with Crippen molar-refractivity contribution in [1.29, 1.82) is 5.26 Å². The molecule has 0 radical (unpaired) electrons. The fourth-order valence-electron chi connectivity index (χ4n) is 1.63. The Hall–Kier alpha value is -1.93. The van der Waals surface area contributed by atoms with Gasteiger partial charge < -0.3 is 5.32 Å². The summed E-state index contributed by atoms with van der Waals surface area (Å²) in [6.45, 7) is 5.64. The molecule has 0 bridgehead atoms. The molecule has 0 aliphatic carbocycles. The molecular formula is C14H20N4O. The van der Waals surface area contributed by atoms with Gasteiger partial charge in [-0.1, -0.05) is 19.9 Å². The van der Waals surface area contributed by atoms with Gasteiger partial charge in [-0.3, -0.25) is 9.69 Å². The second kappa shape index (κ2) is 7.49. The molecule has 5 heteroatoms. The van der Waals surface area contributed by atoms with Crippen LogP contribution in [0.3, 0.4) is 0 Å². The molecule has 0 aliphatic rings. The summed E-state index contributed by atoms with van der Waals surface area (Å²) in [5.41, 5.74) is 1.25. The molecule has 0 fully saturated rings. The van der Waals surface area contributed by atoms with Crippen molar-refractivity contribution in [3.05, 3.63) is 29.6 Å². The van der Waals surface area contributed by atoms with Crippen molar-refractivity contribution in [1.82, 2.24) is 15.2 Å². The predicted molar refractivity (Wildman–Crippen MR) is 73.1 cm³/mol. The van der Waals surface area contributed by atoms with Crippen LogP contribution in [0.4, 0.5) is 0 Å². The number of hydrogen-bond donors (Lipinski definition) is 1. The molecule has 19 heavy (non-hydrogen) atoms. The van der Waals surface area contributed by atoms with E-state index < -0.39 is 0 Å². The molecule has 0 saturated carbocycles. The van der Waals surface area contributed by atoms with Gasteiger partial charge in [-0.05, 0) is 19.0 Å². The number of aromatic nitrogens is 1. The number of nitriles is 1. The van der Waals surface area contributed by atoms with Crippen molar-refractivity contribution in [3.63, 3.8) is 0 Å². The fraction of sp³-hybridized carbons (Fsp3) is 0.500. The Balaban J connectivity index is 2.49. The number of pyridine rings is 1. The van der Waals surface area contributed by atoms with E-state index >= 15 is 0 Å². The van der Waals surface area contributed by atoms with Crippen molar-refractivity contribution >= 4 is 5.91 Å². The summed E-state index contributed by atoms with van der Waals surface area (Å²) in [5.74, 6) is 0.441. The number of hydrogen-bond acceptors (Lipinski definition) is 4. The van der Waals surface area contributed by atoms with Gasteiger partial charge in [0.2, 0.25) is 5.91 Å². The Morgan fingerprint density at radius 1 is 1.58 bits per heavy atom. The maximum absolute atomic E-state index is 11.7. The van der Waals surface area contributed by atoms with Crippen molar-refractivity contribution in [2.75, 3.05) is 20.1 Å². The molecule has 1 aromatic rings. The molecule has 0 aliphatic heterocycles. The summed E-state index contributed by atoms with van der Waals surface area (Å²) in [6, 6.07) is 5.71. The lowest BCUT2D eigenvalue weighted by Crippen LogP contribution is -2.36. The smallest absolute Gasteiger partial charge is 0.234 e. The highest BCUT2D eigenvalue weighted by Crippen LogP contribution is 2.06. The monoisotopic (exact) mass is 260 g/mol. The van der Waals surface area contributed by atoms with Crippen LogP contribution in [0.25, 0.3) is 0 Å². The zero-order valence-electron chi connectivity index (χ0n) is 11.7. The summed E-state index contributed by atoms with van der Waals surface area (Å²) < 4.78 is 0. The molecule has 1 heterocycles. The van der Waals surface area contributed by atoms with E-state index in [0.717, 1.165) is 5.56 Å². The molecule has 0 aromatic carbocycles. The number of amides is 1. The zero-order chi connectivity index (χ0) is 14.3. The van der Waals surface area contributed by atoms with Crippen molar-refractivity contribution in [3.8, 4) is 6.07 Å². The topological polar surface area (TPSA) is 69.0 Å². The molecule has 0 atom stereocenters. The predicted octanol–water partition coefficient (Wildman–Crippen LogP) is 1.16. The van der Waals surface area contributed by atoms with E-state index in [1.54, 1.807) is 12.3 Å². The van der Waals surface area contributed by atoms with Gasteiger partial charge in [0.1, 0.15) is 11.8 Å². The van der Waals surface area contributed by atoms with Crippen LogP contribution in [0.5, 0.6) is 0 Å². The van der Waals surface area contributed by atoms with Crippen LogP contribution >= 0.6 is 0 Å². The quantitative estimate of drug-likeness (QED) is 0.833. The molecule has 5 nitrogen and oxygen atoms in total. The first-order chi connectivity index (χ1) is 9.02. The highest BCUT2D eigenvalue weighted by atomic mass is 16.2. The van der Waals surface area contributed by atoms with Gasteiger partial charge in [0, 0.05) is 24.8 Å². The lowest BCUT2D eigenvalue weighted by Gasteiger charge is -2.17. The van der Waals surface area contributed by atoms with E-state index in [1.807, 2.05) is 18.0 Å². The van der Waals surface area contributed by atoms with E-state index in [4.69, 9.17) is 5.26 Å². The molecule has 0 saturated heterocycles. The number of nitrogens with one attached hydrogen (secondary N) is 1. The van der Waals surface area contributed by atoms with Crippen LogP contribution in [0, 0.1) is 17.2 Å². The van der Waals surface area contributed by atoms with Crippen molar-refractivity contribution in [2.45, 2.75) is 20.4 Å². The van der Waals surface area contributed by atoms with Gasteiger partial charge in [-0.25, -0.2) is 4.98 Å². The first kappa shape index (κ1) is 15.1. The zero-order valence-corrected chi connectivity index (χ0v) is 11.7. The van der Waals surface area contributed by atoms with Crippen LogP contribution in [-0.2, 0) is 11.3 Å². The minimum absolute atomic E-state index is 0.00130. The summed E-state index contributed by atoms with van der Waals surface area (Å²) in [4.78, 5) is 17.5. The van der Waals surface area contributed by atoms with Gasteiger partial charge in [-0.2, -0.15) is 5.26 Å². The summed E-state index contributed by atoms with van der Waals surface area (Å²) in [6.07, 6.45) is 1.59. The SMILES string of the molecule is CC(C)CNC(=O)CN(C)Cc1cccnc1C#N. The first-order valence-corrected chi connectivity index (χ1v) is 6.32. The molecule has 0 spiro atoms. The highest BCUT2D eigenvalue weighted by Gasteiger charge is 2.10. The molecule has 1 N–H and O–H groups in total. The normalized spacial score (nSPS) is 10.5. The summed E-state index contributed by atoms with van der Waals surface area (Å²) >= 11 is 0. The minimum atomic E-state index is -0.00130. The third-order valence-corrected chi connectivity index (χ3v) is 2.56. The fourth-order valence-corrected chi connectivity index (χ4v) is 1.63. The number of rotatable bonds is 6. The average molecular weight is 260 g/mol. The van der Waals surface area contributed by atoms with Gasteiger partial charge in [0.25, 0.3) is 0 Å². The summed E-state index contributed by atoms with van der Waals surface area (Å²) in [5, 5.41) is 11.8. The number of likely N-dealkylation sites (N-methyl/N-ethyl adjacent to an activating group) is 1. The van der Waals surface area contributed by atoms with E-state index in [1.165, 1.54) is 0 Å². The molecule has 0 unspecified atom stereocenters. The van der Waals surface area contributed by atoms with Crippen molar-refractivity contribution in [2.24, 2.45) is 5.92 Å². The Bertz CT molecular complexity index is 465. The summed E-state index contributed by atoms with van der Waals surface area (Å²) in [7, 11) is 1.85. The third-order valence-electron chi connectivity index (χ3n) is 2.56. The Labute approximate surface area is 114 Å². The maximum atomic E-state index is 11.7. The van der Waals surface area contributed by atoms with Gasteiger partial charge in [0.15, 0.2) is 0 Å². The number of nitrogens with zero attached hydrogens (tertiary/aromatic N) is 3. The van der Waals surface area contributed by atoms with E-state index in [9.17, 15) is 4.79 Å². The Morgan fingerprint density at radius 2 is 2.32 bits per heavy atom. The first-order valence-electron chi connectivity index (χ1n) is 6.32. The molecular weight excluding hydrogens is 240 g/mol. The lowest BCUT2D eigenvalue weighted by molar-refractivity contribution is -0.122. The largest absolute Gasteiger partial charge is 0.355 e. The molecule has 1 aromatic heterocycles. The van der Waals surface area contributed by atoms with E-state index in [0.29, 0.717) is 31.2 Å². The van der Waals surface area contributed by atoms with Crippen LogP contribution in [0.2, 0.25) is 0 Å². The molecule has 102 valence electrons. The van der Waals surface area contributed by atoms with Crippen molar-refractivity contribution < 1.29 is 4.79 Å². The van der Waals surface area contributed by atoms with Crippen LogP contribution in [0.15, 0.2) is 18.3 Å². The Morgan fingerprint density at radius 3 is 2.95 bits per heavy atom. The van der Waals surface area contributed by atoms with Crippen LogP contribution in [-0.4, -0.2) is 35.9 Å². The maximum Gasteiger partial charge on any atom is 0.234 e. The number of carbonyl (C=O) groups excluding carboxylic acids is 1. The average Bonchev–Trinajstić information content (AvgIpc) is 2.37. The second-order valence-electron chi connectivity index (χ2n) is 4.99. The van der Waals surface area contributed by atoms with Crippen LogP contribution in [0.1, 0.15) is 25.1 Å². The van der Waals surface area contributed by atoms with Gasteiger partial charge >= 0.3 is 0 Å². The second-order valence-corrected chi connectivity index (χ2v) is 4.99. The lowest BCUT2D eigenvalue weighted by atomic mass is 10.2. The van der Waals surface area contributed by atoms with Gasteiger partial charge in [-0.15, -0.1) is 0 Å². The standard InChI is InChI=1S/C14H20N4O/c1-11(2)8-17-14(19)10-18(3)9-12-5-4-6-16-13(12)7-15/h4-6,11H,8-10H2,1-3H3,(H,17,19). The minimum Gasteiger partial charge on any atom is -0.355 e. The molecule has 1 amide bonds. The van der Waals surface area contributed by atoms with Gasteiger partial charge in [0.05, 0.1) is 6.54 Å². The van der Waals surface area contributed by atoms with E-state index in [2.05, 4.69) is 30.2 Å². The van der Waals surface area contributed by atoms with E-state index in [-0.39, 0.29) is 5.91 Å². The molecule has 1 rings (SSSR count). The number of carbonyl (C=O) groups is 1. The highest BCUT2D eigenvalue weighted by molar-refractivity contribution is 5.77. The van der Waals surface area contributed by atoms with Crippen LogP contribution < -0.4 is 5.32 Å².